The average Bonchev–Trinajstić information content (AvgIpc) is 2.05. The molecule has 0 rings (SSSR count). The first-order valence-corrected chi connectivity index (χ1v) is 2.61. The third-order valence-corrected chi connectivity index (χ3v) is 0.910. The predicted molar refractivity (Wildman–Crippen MR) is 36.6 cm³/mol. The molecule has 1 N–H and O–H groups in total. The standard InChI is InChI=1S/C7H6O4/c1-3-6(9)5(4-8)7(10)11-2/h1,4,8H,2H3/b5-4+. The summed E-state index contributed by atoms with van der Waals surface area (Å²) in [7, 11) is 1.08. The molecule has 58 valence electrons. The lowest BCUT2D eigenvalue weighted by atomic mass is 10.2. The summed E-state index contributed by atoms with van der Waals surface area (Å²) in [4.78, 5) is 21.2. The monoisotopic (exact) mass is 154 g/mol. The van der Waals surface area contributed by atoms with Crippen molar-refractivity contribution in [3.8, 4) is 12.3 Å². The summed E-state index contributed by atoms with van der Waals surface area (Å²) in [6.07, 6.45) is 5.01. The van der Waals surface area contributed by atoms with E-state index in [1.54, 1.807) is 5.92 Å². The highest BCUT2D eigenvalue weighted by Gasteiger charge is 2.16. The van der Waals surface area contributed by atoms with E-state index < -0.39 is 17.3 Å². The summed E-state index contributed by atoms with van der Waals surface area (Å²) >= 11 is 0. The number of carbonyl (C=O) groups is 2. The van der Waals surface area contributed by atoms with Gasteiger partial charge in [-0.15, -0.1) is 6.42 Å². The van der Waals surface area contributed by atoms with Crippen molar-refractivity contribution in [3.63, 3.8) is 0 Å². The van der Waals surface area contributed by atoms with Crippen LogP contribution in [0.1, 0.15) is 0 Å². The summed E-state index contributed by atoms with van der Waals surface area (Å²) < 4.78 is 4.14. The molecule has 0 radical (unpaired) electrons. The number of esters is 1. The van der Waals surface area contributed by atoms with Crippen molar-refractivity contribution < 1.29 is 19.4 Å². The van der Waals surface area contributed by atoms with E-state index in [0.717, 1.165) is 7.11 Å². The molecule has 0 atom stereocenters. The molecule has 0 aromatic carbocycles. The minimum Gasteiger partial charge on any atom is -0.515 e. The second-order valence-corrected chi connectivity index (χ2v) is 1.51. The normalized spacial score (nSPS) is 10.0. The minimum absolute atomic E-state index is 0.327. The van der Waals surface area contributed by atoms with E-state index in [1.165, 1.54) is 0 Å². The van der Waals surface area contributed by atoms with Gasteiger partial charge in [-0.05, 0) is 5.92 Å². The van der Waals surface area contributed by atoms with Crippen LogP contribution in [0.4, 0.5) is 0 Å². The number of ketones is 1. The zero-order valence-electron chi connectivity index (χ0n) is 5.83. The Labute approximate surface area is 63.5 Å². The molecule has 0 amide bonds. The number of carbonyl (C=O) groups excluding carboxylic acids is 2. The lowest BCUT2D eigenvalue weighted by Crippen LogP contribution is -2.12. The number of Topliss-reactive ketones (excluding diaryl/α,β-unsaturated/α-hetero) is 1. The second kappa shape index (κ2) is 4.12. The average molecular weight is 154 g/mol. The second-order valence-electron chi connectivity index (χ2n) is 1.51. The first-order chi connectivity index (χ1) is 5.17. The lowest BCUT2D eigenvalue weighted by molar-refractivity contribution is -0.137. The topological polar surface area (TPSA) is 63.6 Å². The van der Waals surface area contributed by atoms with Crippen LogP contribution >= 0.6 is 0 Å². The van der Waals surface area contributed by atoms with E-state index in [4.69, 9.17) is 5.11 Å². The van der Waals surface area contributed by atoms with Crippen LogP contribution in [0.25, 0.3) is 0 Å². The third kappa shape index (κ3) is 2.14. The maximum atomic E-state index is 10.6. The molecule has 0 fully saturated rings. The Morgan fingerprint density at radius 3 is 2.45 bits per heavy atom. The maximum Gasteiger partial charge on any atom is 0.345 e. The van der Waals surface area contributed by atoms with Gasteiger partial charge in [0.15, 0.2) is 0 Å². The van der Waals surface area contributed by atoms with Crippen LogP contribution in [-0.4, -0.2) is 24.0 Å². The molecular formula is C7H6O4. The quantitative estimate of drug-likeness (QED) is 0.114. The zero-order chi connectivity index (χ0) is 8.85. The molecule has 4 nitrogen and oxygen atoms in total. The SMILES string of the molecule is C#CC(=O)/C(=C\O)C(=O)OC. The van der Waals surface area contributed by atoms with E-state index in [2.05, 4.69) is 11.2 Å². The van der Waals surface area contributed by atoms with Crippen molar-refractivity contribution in [3.05, 3.63) is 11.8 Å². The van der Waals surface area contributed by atoms with Crippen LogP contribution in [0.3, 0.4) is 0 Å². The molecule has 0 aromatic heterocycles. The van der Waals surface area contributed by atoms with Crippen molar-refractivity contribution >= 4 is 11.8 Å². The van der Waals surface area contributed by atoms with Crippen LogP contribution < -0.4 is 0 Å². The molecule has 11 heavy (non-hydrogen) atoms. The summed E-state index contributed by atoms with van der Waals surface area (Å²) in [5.74, 6) is -0.189. The predicted octanol–water partition coefficient (Wildman–Crippen LogP) is -0.196. The van der Waals surface area contributed by atoms with Gasteiger partial charge in [0.25, 0.3) is 0 Å². The number of hydrogen-bond donors (Lipinski definition) is 1. The van der Waals surface area contributed by atoms with Crippen molar-refractivity contribution in [2.75, 3.05) is 7.11 Å². The largest absolute Gasteiger partial charge is 0.515 e. The molecule has 0 aliphatic carbocycles. The van der Waals surface area contributed by atoms with E-state index >= 15 is 0 Å². The highest BCUT2D eigenvalue weighted by Crippen LogP contribution is 1.96. The van der Waals surface area contributed by atoms with Gasteiger partial charge in [0.1, 0.15) is 5.57 Å². The smallest absolute Gasteiger partial charge is 0.345 e. The molecule has 0 saturated carbocycles. The van der Waals surface area contributed by atoms with E-state index in [0.29, 0.717) is 6.26 Å². The van der Waals surface area contributed by atoms with Crippen molar-refractivity contribution in [1.29, 1.82) is 0 Å². The summed E-state index contributed by atoms with van der Waals surface area (Å²) in [6.45, 7) is 0. The van der Waals surface area contributed by atoms with Crippen molar-refractivity contribution in [2.45, 2.75) is 0 Å². The Kier molecular flexibility index (Phi) is 3.46. The Morgan fingerprint density at radius 2 is 2.18 bits per heavy atom. The number of terminal acetylenes is 1. The molecule has 0 aliphatic heterocycles. The number of aliphatic hydroxyl groups is 1. The van der Waals surface area contributed by atoms with Gasteiger partial charge in [0.2, 0.25) is 5.78 Å². The van der Waals surface area contributed by atoms with Gasteiger partial charge in [-0.3, -0.25) is 4.79 Å². The molecule has 0 saturated heterocycles. The maximum absolute atomic E-state index is 10.6. The highest BCUT2D eigenvalue weighted by molar-refractivity contribution is 6.23. The number of methoxy groups -OCH3 is 1. The fourth-order valence-electron chi connectivity index (χ4n) is 0.392. The van der Waals surface area contributed by atoms with Gasteiger partial charge in [-0.2, -0.15) is 0 Å². The molecule has 0 aliphatic rings. The molecule has 0 unspecified atom stereocenters. The molecule has 0 heterocycles. The molecule has 0 bridgehead atoms. The van der Waals surface area contributed by atoms with Crippen LogP contribution in [-0.2, 0) is 14.3 Å². The molecular weight excluding hydrogens is 148 g/mol. The molecule has 0 spiro atoms. The Hall–Kier alpha value is -1.76. The van der Waals surface area contributed by atoms with Gasteiger partial charge in [-0.1, -0.05) is 0 Å². The molecule has 0 aromatic rings. The highest BCUT2D eigenvalue weighted by atomic mass is 16.5. The van der Waals surface area contributed by atoms with E-state index in [9.17, 15) is 9.59 Å². The molecule has 4 heteroatoms. The number of aliphatic hydroxyl groups excluding tert-OH is 1. The van der Waals surface area contributed by atoms with Gasteiger partial charge in [0, 0.05) is 0 Å². The van der Waals surface area contributed by atoms with E-state index in [-0.39, 0.29) is 0 Å². The third-order valence-electron chi connectivity index (χ3n) is 0.910. The minimum atomic E-state index is -0.949. The fourth-order valence-corrected chi connectivity index (χ4v) is 0.392. The Morgan fingerprint density at radius 1 is 1.64 bits per heavy atom. The lowest BCUT2D eigenvalue weighted by Gasteiger charge is -1.96. The summed E-state index contributed by atoms with van der Waals surface area (Å²) in [5.41, 5.74) is -0.546. The first-order valence-electron chi connectivity index (χ1n) is 2.61. The van der Waals surface area contributed by atoms with Gasteiger partial charge < -0.3 is 9.84 Å². The number of hydrogen-bond acceptors (Lipinski definition) is 4. The number of ether oxygens (including phenoxy) is 1. The van der Waals surface area contributed by atoms with Crippen molar-refractivity contribution in [1.82, 2.24) is 0 Å². The summed E-state index contributed by atoms with van der Waals surface area (Å²) in [6, 6.07) is 0. The van der Waals surface area contributed by atoms with Gasteiger partial charge in [-0.25, -0.2) is 4.79 Å². The zero-order valence-corrected chi connectivity index (χ0v) is 5.83. The van der Waals surface area contributed by atoms with Crippen LogP contribution in [0.5, 0.6) is 0 Å². The van der Waals surface area contributed by atoms with Gasteiger partial charge >= 0.3 is 5.97 Å². The van der Waals surface area contributed by atoms with Gasteiger partial charge in [0.05, 0.1) is 13.4 Å². The van der Waals surface area contributed by atoms with E-state index in [1.807, 2.05) is 0 Å². The Bertz CT molecular complexity index is 244. The van der Waals surface area contributed by atoms with Crippen LogP contribution in [0, 0.1) is 12.3 Å². The number of rotatable bonds is 2. The van der Waals surface area contributed by atoms with Crippen LogP contribution in [0.15, 0.2) is 11.8 Å². The van der Waals surface area contributed by atoms with Crippen LogP contribution in [0.2, 0.25) is 0 Å². The van der Waals surface area contributed by atoms with Crippen molar-refractivity contribution in [2.24, 2.45) is 0 Å². The Balaban J connectivity index is 4.61. The fraction of sp³-hybridized carbons (Fsp3) is 0.143. The summed E-state index contributed by atoms with van der Waals surface area (Å²) in [5, 5.41) is 8.35. The first kappa shape index (κ1) is 9.24.